The molecule has 138 valence electrons. The summed E-state index contributed by atoms with van der Waals surface area (Å²) < 4.78 is 7.60. The molecule has 0 spiro atoms. The van der Waals surface area contributed by atoms with Crippen LogP contribution in [-0.2, 0) is 11.3 Å². The molecule has 6 heteroatoms. The lowest BCUT2D eigenvalue weighted by molar-refractivity contribution is 0.144. The Hall–Kier alpha value is -2.08. The van der Waals surface area contributed by atoms with Crippen molar-refractivity contribution >= 4 is 17.0 Å². The van der Waals surface area contributed by atoms with Crippen LogP contribution in [-0.4, -0.2) is 48.4 Å². The second-order valence-electron chi connectivity index (χ2n) is 5.89. The van der Waals surface area contributed by atoms with Crippen LogP contribution in [0.5, 0.6) is 0 Å². The molecule has 1 heterocycles. The maximum Gasteiger partial charge on any atom is 0.191 e. The standard InChI is InChI=1S/C19H31N5O/c1-4-20-19(21-12-8-9-15-25-5-2)22-13-14-24-16(3)23-17-10-6-7-11-18(17)24/h6-7,10-11H,4-5,8-9,12-15H2,1-3H3,(H2,20,21,22). The summed E-state index contributed by atoms with van der Waals surface area (Å²) in [6, 6.07) is 8.26. The summed E-state index contributed by atoms with van der Waals surface area (Å²) in [7, 11) is 0. The van der Waals surface area contributed by atoms with Crippen LogP contribution in [0.4, 0.5) is 0 Å². The zero-order valence-corrected chi connectivity index (χ0v) is 15.7. The zero-order valence-electron chi connectivity index (χ0n) is 15.7. The molecule has 25 heavy (non-hydrogen) atoms. The van der Waals surface area contributed by atoms with Gasteiger partial charge in [-0.3, -0.25) is 4.99 Å². The van der Waals surface area contributed by atoms with Gasteiger partial charge in [-0.25, -0.2) is 4.98 Å². The van der Waals surface area contributed by atoms with Gasteiger partial charge in [-0.2, -0.15) is 0 Å². The molecule has 2 aromatic rings. The van der Waals surface area contributed by atoms with Crippen LogP contribution >= 0.6 is 0 Å². The third-order valence-electron chi connectivity index (χ3n) is 3.99. The fraction of sp³-hybridized carbons (Fsp3) is 0.579. The van der Waals surface area contributed by atoms with Crippen molar-refractivity contribution in [1.82, 2.24) is 20.2 Å². The van der Waals surface area contributed by atoms with Gasteiger partial charge in [0, 0.05) is 39.4 Å². The van der Waals surface area contributed by atoms with E-state index in [9.17, 15) is 0 Å². The van der Waals surface area contributed by atoms with Crippen LogP contribution in [0.25, 0.3) is 11.0 Å². The Balaban J connectivity index is 1.83. The minimum absolute atomic E-state index is 0.788. The number of hydrogen-bond acceptors (Lipinski definition) is 3. The molecule has 0 amide bonds. The number of aliphatic imine (C=N–C) groups is 1. The van der Waals surface area contributed by atoms with Crippen molar-refractivity contribution in [2.24, 2.45) is 4.99 Å². The third-order valence-corrected chi connectivity index (χ3v) is 3.99. The molecule has 1 aromatic carbocycles. The van der Waals surface area contributed by atoms with Crippen LogP contribution in [0.3, 0.4) is 0 Å². The van der Waals surface area contributed by atoms with Crippen molar-refractivity contribution < 1.29 is 4.74 Å². The molecule has 2 rings (SSSR count). The maximum absolute atomic E-state index is 5.35. The van der Waals surface area contributed by atoms with Gasteiger partial charge in [0.1, 0.15) is 5.82 Å². The zero-order chi connectivity index (χ0) is 17.9. The quantitative estimate of drug-likeness (QED) is 0.395. The normalized spacial score (nSPS) is 11.9. The van der Waals surface area contributed by atoms with Crippen molar-refractivity contribution in [1.29, 1.82) is 0 Å². The van der Waals surface area contributed by atoms with E-state index in [0.29, 0.717) is 0 Å². The minimum Gasteiger partial charge on any atom is -0.382 e. The van der Waals surface area contributed by atoms with E-state index in [1.165, 1.54) is 5.52 Å². The number of para-hydroxylation sites is 2. The van der Waals surface area contributed by atoms with E-state index in [1.54, 1.807) is 0 Å². The van der Waals surface area contributed by atoms with Gasteiger partial charge in [0.2, 0.25) is 0 Å². The molecule has 0 aliphatic carbocycles. The molecule has 0 radical (unpaired) electrons. The first kappa shape index (κ1) is 19.2. The topological polar surface area (TPSA) is 63.5 Å². The van der Waals surface area contributed by atoms with Crippen LogP contribution in [0.15, 0.2) is 29.3 Å². The van der Waals surface area contributed by atoms with Gasteiger partial charge in [-0.15, -0.1) is 0 Å². The van der Waals surface area contributed by atoms with Crippen molar-refractivity contribution in [3.05, 3.63) is 30.1 Å². The average Bonchev–Trinajstić information content (AvgIpc) is 2.93. The van der Waals surface area contributed by atoms with Crippen LogP contribution < -0.4 is 10.6 Å². The predicted molar refractivity (Wildman–Crippen MR) is 104 cm³/mol. The van der Waals surface area contributed by atoms with E-state index in [0.717, 1.165) is 69.5 Å². The molecule has 2 N–H and O–H groups in total. The number of rotatable bonds is 10. The number of fused-ring (bicyclic) bond motifs is 1. The number of benzene rings is 1. The van der Waals surface area contributed by atoms with E-state index in [4.69, 9.17) is 4.74 Å². The summed E-state index contributed by atoms with van der Waals surface area (Å²) in [4.78, 5) is 9.24. The summed E-state index contributed by atoms with van der Waals surface area (Å²) in [5, 5.41) is 6.71. The molecule has 0 fully saturated rings. The van der Waals surface area contributed by atoms with E-state index in [-0.39, 0.29) is 0 Å². The Labute approximate surface area is 150 Å². The molecule has 6 nitrogen and oxygen atoms in total. The number of nitrogens with zero attached hydrogens (tertiary/aromatic N) is 3. The average molecular weight is 345 g/mol. The van der Waals surface area contributed by atoms with Gasteiger partial charge in [0.05, 0.1) is 11.0 Å². The second kappa shape index (κ2) is 10.7. The van der Waals surface area contributed by atoms with Gasteiger partial charge in [-0.1, -0.05) is 12.1 Å². The van der Waals surface area contributed by atoms with Crippen LogP contribution in [0, 0.1) is 6.92 Å². The van der Waals surface area contributed by atoms with E-state index in [2.05, 4.69) is 57.2 Å². The lowest BCUT2D eigenvalue weighted by Crippen LogP contribution is -2.39. The fourth-order valence-electron chi connectivity index (χ4n) is 2.76. The van der Waals surface area contributed by atoms with Gasteiger partial charge < -0.3 is 19.9 Å². The van der Waals surface area contributed by atoms with Gasteiger partial charge in [0.25, 0.3) is 0 Å². The highest BCUT2D eigenvalue weighted by atomic mass is 16.5. The number of unbranched alkanes of at least 4 members (excludes halogenated alkanes) is 1. The van der Waals surface area contributed by atoms with E-state index in [1.807, 2.05) is 13.0 Å². The smallest absolute Gasteiger partial charge is 0.191 e. The Bertz CT molecular complexity index is 665. The first-order valence-corrected chi connectivity index (χ1v) is 9.28. The van der Waals surface area contributed by atoms with E-state index >= 15 is 0 Å². The molecule has 1 aromatic heterocycles. The summed E-state index contributed by atoms with van der Waals surface area (Å²) in [6.45, 7) is 11.1. The summed E-state index contributed by atoms with van der Waals surface area (Å²) in [5.41, 5.74) is 2.23. The molecular formula is C19H31N5O. The summed E-state index contributed by atoms with van der Waals surface area (Å²) in [5.74, 6) is 1.92. The Morgan fingerprint density at radius 2 is 2.04 bits per heavy atom. The highest BCUT2D eigenvalue weighted by molar-refractivity contribution is 5.79. The lowest BCUT2D eigenvalue weighted by atomic mass is 10.3. The molecular weight excluding hydrogens is 314 g/mol. The van der Waals surface area contributed by atoms with Crippen molar-refractivity contribution in [3.8, 4) is 0 Å². The first-order valence-electron chi connectivity index (χ1n) is 9.28. The Morgan fingerprint density at radius 3 is 2.84 bits per heavy atom. The fourth-order valence-corrected chi connectivity index (χ4v) is 2.76. The van der Waals surface area contributed by atoms with Crippen molar-refractivity contribution in [2.75, 3.05) is 32.8 Å². The van der Waals surface area contributed by atoms with Gasteiger partial charge >= 0.3 is 0 Å². The monoisotopic (exact) mass is 345 g/mol. The molecule has 0 bridgehead atoms. The number of nitrogens with one attached hydrogen (secondary N) is 2. The van der Waals surface area contributed by atoms with Crippen molar-refractivity contribution in [2.45, 2.75) is 40.2 Å². The highest BCUT2D eigenvalue weighted by Gasteiger charge is 2.06. The highest BCUT2D eigenvalue weighted by Crippen LogP contribution is 2.14. The van der Waals surface area contributed by atoms with Crippen LogP contribution in [0.1, 0.15) is 32.5 Å². The first-order chi connectivity index (χ1) is 12.3. The summed E-state index contributed by atoms with van der Waals surface area (Å²) in [6.07, 6.45) is 2.10. The second-order valence-corrected chi connectivity index (χ2v) is 5.89. The van der Waals surface area contributed by atoms with Crippen LogP contribution in [0.2, 0.25) is 0 Å². The number of guanidine groups is 1. The number of aromatic nitrogens is 2. The van der Waals surface area contributed by atoms with Gasteiger partial charge in [0.15, 0.2) is 5.96 Å². The minimum atomic E-state index is 0.788. The molecule has 0 aliphatic heterocycles. The Morgan fingerprint density at radius 1 is 1.20 bits per heavy atom. The molecule has 0 unspecified atom stereocenters. The third kappa shape index (κ3) is 6.05. The molecule has 0 saturated heterocycles. The Kier molecular flexibility index (Phi) is 8.25. The molecule has 0 atom stereocenters. The van der Waals surface area contributed by atoms with Gasteiger partial charge in [-0.05, 0) is 45.7 Å². The number of imidazole rings is 1. The number of aryl methyl sites for hydroxylation is 1. The molecule has 0 aliphatic rings. The van der Waals surface area contributed by atoms with Crippen molar-refractivity contribution in [3.63, 3.8) is 0 Å². The lowest BCUT2D eigenvalue weighted by Gasteiger charge is -2.13. The van der Waals surface area contributed by atoms with E-state index < -0.39 is 0 Å². The SMILES string of the molecule is CCNC(=NCCCCOCC)NCCn1c(C)nc2ccccc21. The summed E-state index contributed by atoms with van der Waals surface area (Å²) >= 11 is 0. The number of ether oxygens (including phenoxy) is 1. The predicted octanol–water partition coefficient (Wildman–Crippen LogP) is 2.72. The largest absolute Gasteiger partial charge is 0.382 e. The molecule has 0 saturated carbocycles. The number of hydrogen-bond donors (Lipinski definition) is 2. The maximum atomic E-state index is 5.35.